The van der Waals surface area contributed by atoms with Crippen molar-refractivity contribution in [3.8, 4) is 0 Å². The molecule has 0 saturated heterocycles. The van der Waals surface area contributed by atoms with Crippen LogP contribution in [0, 0.1) is 0 Å². The third-order valence-corrected chi connectivity index (χ3v) is 3.70. The van der Waals surface area contributed by atoms with E-state index >= 15 is 0 Å². The van der Waals surface area contributed by atoms with E-state index in [0.29, 0.717) is 0 Å². The Kier molecular flexibility index (Phi) is 7.55. The molecule has 0 saturated carbocycles. The molecule has 1 aromatic carbocycles. The molecular formula is C11H14Cl3Ti. The standard InChI is InChI=1S/C11H11.3ClH.Ti/c1-8-7-10-5-3-4-6-11(10)9(8)2;;;;/h3-7H,1-2H3;3*1H;. The number of hydrogen-bond acceptors (Lipinski definition) is 0. The summed E-state index contributed by atoms with van der Waals surface area (Å²) in [6.07, 6.45) is 2.29. The van der Waals surface area contributed by atoms with Crippen LogP contribution in [-0.2, 0) is 24.2 Å². The Morgan fingerprint density at radius 3 is 2.13 bits per heavy atom. The maximum absolute atomic E-state index is 2.29. The second-order valence-electron chi connectivity index (χ2n) is 3.54. The molecule has 0 heterocycles. The van der Waals surface area contributed by atoms with Gasteiger partial charge in [0.2, 0.25) is 0 Å². The van der Waals surface area contributed by atoms with Crippen LogP contribution in [0.2, 0.25) is 0 Å². The van der Waals surface area contributed by atoms with Gasteiger partial charge in [0, 0.05) is 0 Å². The first-order chi connectivity index (χ1) is 5.62. The first-order valence-corrected chi connectivity index (χ1v) is 4.94. The van der Waals surface area contributed by atoms with Gasteiger partial charge in [-0.25, -0.2) is 0 Å². The van der Waals surface area contributed by atoms with E-state index in [1.807, 2.05) is 0 Å². The number of hydrogen-bond donors (Lipinski definition) is 0. The minimum atomic E-state index is 0. The molecule has 0 nitrogen and oxygen atoms in total. The summed E-state index contributed by atoms with van der Waals surface area (Å²) in [6.45, 7) is 4.49. The van der Waals surface area contributed by atoms with Crippen LogP contribution in [-0.4, -0.2) is 0 Å². The van der Waals surface area contributed by atoms with Crippen molar-refractivity contribution in [2.75, 3.05) is 0 Å². The van der Waals surface area contributed by atoms with Gasteiger partial charge in [-0.1, -0.05) is 0 Å². The molecule has 1 aromatic rings. The normalized spacial score (nSPS) is 21.3. The molecule has 0 bridgehead atoms. The van der Waals surface area contributed by atoms with Gasteiger partial charge in [0.15, 0.2) is 0 Å². The maximum atomic E-state index is 2.29. The van der Waals surface area contributed by atoms with E-state index in [9.17, 15) is 0 Å². The van der Waals surface area contributed by atoms with Crippen LogP contribution in [0.15, 0.2) is 29.8 Å². The summed E-state index contributed by atoms with van der Waals surface area (Å²) in [5.74, 6) is 0. The van der Waals surface area contributed by atoms with Gasteiger partial charge in [0.05, 0.1) is 0 Å². The Morgan fingerprint density at radius 2 is 1.60 bits per heavy atom. The van der Waals surface area contributed by atoms with Gasteiger partial charge in [-0.3, -0.25) is 0 Å². The van der Waals surface area contributed by atoms with Crippen molar-refractivity contribution in [1.82, 2.24) is 0 Å². The van der Waals surface area contributed by atoms with E-state index in [2.05, 4.69) is 64.6 Å². The van der Waals surface area contributed by atoms with Gasteiger partial charge in [0.1, 0.15) is 0 Å². The molecule has 0 amide bonds. The summed E-state index contributed by atoms with van der Waals surface area (Å²) in [5, 5.41) is 0. The van der Waals surface area contributed by atoms with E-state index in [-0.39, 0.29) is 40.9 Å². The fraction of sp³-hybridized carbons (Fsp3) is 0.273. The summed E-state index contributed by atoms with van der Waals surface area (Å²) in [4.78, 5) is 0. The van der Waals surface area contributed by atoms with Gasteiger partial charge in [0.25, 0.3) is 0 Å². The monoisotopic (exact) mass is 299 g/mol. The Labute approximate surface area is 122 Å². The average Bonchev–Trinajstić information content (AvgIpc) is 2.25. The van der Waals surface area contributed by atoms with E-state index < -0.39 is 0 Å². The van der Waals surface area contributed by atoms with Crippen LogP contribution >= 0.6 is 37.2 Å². The second kappa shape index (κ2) is 6.32. The zero-order valence-corrected chi connectivity index (χ0v) is 12.6. The molecule has 1 atom stereocenters. The van der Waals surface area contributed by atoms with Crippen LogP contribution in [0.5, 0.6) is 0 Å². The molecule has 0 aromatic heterocycles. The van der Waals surface area contributed by atoms with Crippen molar-refractivity contribution < 1.29 is 20.4 Å². The predicted molar refractivity (Wildman–Crippen MR) is 69.2 cm³/mol. The molecule has 0 aliphatic heterocycles. The summed E-state index contributed by atoms with van der Waals surface area (Å²) >= 11 is 2.28. The molecule has 1 unspecified atom stereocenters. The Hall–Kier alpha value is 0.544. The van der Waals surface area contributed by atoms with E-state index in [0.717, 1.165) is 0 Å². The van der Waals surface area contributed by atoms with Crippen molar-refractivity contribution in [1.29, 1.82) is 0 Å². The summed E-state index contributed by atoms with van der Waals surface area (Å²) in [6, 6.07) is 8.63. The van der Waals surface area contributed by atoms with Gasteiger partial charge in [-0.15, -0.1) is 37.2 Å². The largest absolute Gasteiger partial charge is 0.147 e. The minimum Gasteiger partial charge on any atom is -0.147 e. The van der Waals surface area contributed by atoms with E-state index in [1.54, 1.807) is 0 Å². The molecule has 1 aliphatic rings. The van der Waals surface area contributed by atoms with E-state index in [4.69, 9.17) is 0 Å². The molecular weight excluding hydrogens is 286 g/mol. The first-order valence-electron chi connectivity index (χ1n) is 4.15. The summed E-state index contributed by atoms with van der Waals surface area (Å²) in [5.41, 5.74) is 4.31. The van der Waals surface area contributed by atoms with Crippen LogP contribution in [0.4, 0.5) is 0 Å². The predicted octanol–water partition coefficient (Wildman–Crippen LogP) is 4.13. The average molecular weight is 300 g/mol. The molecule has 15 heavy (non-hydrogen) atoms. The van der Waals surface area contributed by atoms with Crippen LogP contribution in [0.1, 0.15) is 25.0 Å². The van der Waals surface area contributed by atoms with Crippen LogP contribution < -0.4 is 0 Å². The van der Waals surface area contributed by atoms with Gasteiger partial charge >= 0.3 is 85.0 Å². The molecule has 0 spiro atoms. The van der Waals surface area contributed by atoms with Crippen molar-refractivity contribution in [3.63, 3.8) is 0 Å². The van der Waals surface area contributed by atoms with E-state index in [1.165, 1.54) is 16.7 Å². The smallest absolute Gasteiger partial charge is 0.147 e. The van der Waals surface area contributed by atoms with Gasteiger partial charge in [-0.2, -0.15) is 0 Å². The number of rotatable bonds is 0. The maximum Gasteiger partial charge on any atom is -0.147 e. The molecule has 0 radical (unpaired) electrons. The molecule has 0 N–H and O–H groups in total. The third kappa shape index (κ3) is 3.02. The summed E-state index contributed by atoms with van der Waals surface area (Å²) < 4.78 is 0.247. The Bertz CT molecular complexity index is 359. The fourth-order valence-electron chi connectivity index (χ4n) is 1.67. The number of allylic oxidation sites excluding steroid dienone is 1. The number of halogens is 3. The number of fused-ring (bicyclic) bond motifs is 1. The summed E-state index contributed by atoms with van der Waals surface area (Å²) in [7, 11) is 0. The SMILES string of the molecule is CC1=Cc2ccccc2[C]1(C)[Ti].Cl.Cl.Cl. The Morgan fingerprint density at radius 1 is 1.07 bits per heavy atom. The number of benzene rings is 1. The van der Waals surface area contributed by atoms with Crippen molar-refractivity contribution in [2.45, 2.75) is 17.6 Å². The topological polar surface area (TPSA) is 0 Å². The van der Waals surface area contributed by atoms with Crippen molar-refractivity contribution in [2.24, 2.45) is 0 Å². The third-order valence-electron chi connectivity index (χ3n) is 2.66. The van der Waals surface area contributed by atoms with Crippen LogP contribution in [0.3, 0.4) is 0 Å². The zero-order chi connectivity index (χ0) is 8.77. The first kappa shape index (κ1) is 17.9. The zero-order valence-electron chi connectivity index (χ0n) is 8.61. The molecule has 1 aliphatic carbocycles. The quantitative estimate of drug-likeness (QED) is 0.632. The van der Waals surface area contributed by atoms with Crippen molar-refractivity contribution in [3.05, 3.63) is 41.0 Å². The van der Waals surface area contributed by atoms with Gasteiger partial charge in [-0.05, 0) is 0 Å². The molecule has 4 heteroatoms. The van der Waals surface area contributed by atoms with Crippen molar-refractivity contribution >= 4 is 43.3 Å². The minimum absolute atomic E-state index is 0. The Balaban J connectivity index is 0. The molecule has 0 fully saturated rings. The molecule has 83 valence electrons. The van der Waals surface area contributed by atoms with Gasteiger partial charge < -0.3 is 0 Å². The second-order valence-corrected chi connectivity index (χ2v) is 5.10. The fourth-order valence-corrected chi connectivity index (χ4v) is 2.14. The molecule has 2 rings (SSSR count). The van der Waals surface area contributed by atoms with Crippen LogP contribution in [0.25, 0.3) is 6.08 Å².